The summed E-state index contributed by atoms with van der Waals surface area (Å²) in [5, 5.41) is 0. The molecule has 0 saturated carbocycles. The van der Waals surface area contributed by atoms with Gasteiger partial charge in [0, 0.05) is 81.3 Å². The second kappa shape index (κ2) is 17.5. The molecule has 0 aromatic rings. The van der Waals surface area contributed by atoms with E-state index in [0.29, 0.717) is 0 Å². The first-order valence-corrected chi connectivity index (χ1v) is 0. The topological polar surface area (TPSA) is 0 Å². The van der Waals surface area contributed by atoms with Gasteiger partial charge in [-0.25, -0.2) is 0 Å². The number of rotatable bonds is 0. The second-order valence-electron chi connectivity index (χ2n) is 0. The fraction of sp³-hybridized carbons (Fsp3) is 0. The molecule has 0 aliphatic heterocycles. The fourth-order valence-electron chi connectivity index (χ4n) is 0. The maximum absolute atomic E-state index is 0. The summed E-state index contributed by atoms with van der Waals surface area (Å²) < 4.78 is 0. The Morgan fingerprint density at radius 2 is 0.750 bits per heavy atom. The summed E-state index contributed by atoms with van der Waals surface area (Å²) in [5.74, 6) is 0. The van der Waals surface area contributed by atoms with E-state index >= 15 is 0 Å². The Hall–Kier alpha value is 2.62. The average molecular weight is 345 g/mol. The molecule has 0 atom stereocenters. The van der Waals surface area contributed by atoms with Gasteiger partial charge in [-0.3, -0.25) is 0 Å². The maximum atomic E-state index is 0. The first-order chi connectivity index (χ1) is 0. The van der Waals surface area contributed by atoms with Crippen LogP contribution in [0, 0.1) is 0 Å². The standard InChI is InChI=1S/2Ag.Cu.Zn. The third-order valence-corrected chi connectivity index (χ3v) is 0. The molecular formula is Ag2CuZn. The first-order valence-electron chi connectivity index (χ1n) is 0. The van der Waals surface area contributed by atoms with Crippen molar-refractivity contribution in [3.63, 3.8) is 0 Å². The quantitative estimate of drug-likeness (QED) is 0.542. The SMILES string of the molecule is [Ag].[Ag].[Cu].[Zn]. The molecule has 0 heterocycles. The molecule has 0 saturated heterocycles. The van der Waals surface area contributed by atoms with Gasteiger partial charge in [-0.05, 0) is 0 Å². The van der Waals surface area contributed by atoms with Crippen molar-refractivity contribution in [2.45, 2.75) is 0 Å². The van der Waals surface area contributed by atoms with E-state index in [-0.39, 0.29) is 81.3 Å². The van der Waals surface area contributed by atoms with Crippen LogP contribution in [0.3, 0.4) is 0 Å². The van der Waals surface area contributed by atoms with Gasteiger partial charge in [0.05, 0.1) is 0 Å². The third-order valence-electron chi connectivity index (χ3n) is 0. The molecule has 4 heteroatoms. The predicted molar refractivity (Wildman–Crippen MR) is 0 cm³/mol. The normalized spacial score (nSPS) is 0. The summed E-state index contributed by atoms with van der Waals surface area (Å²) in [5.41, 5.74) is 0. The summed E-state index contributed by atoms with van der Waals surface area (Å²) in [6, 6.07) is 0. The van der Waals surface area contributed by atoms with Crippen molar-refractivity contribution in [1.29, 1.82) is 0 Å². The van der Waals surface area contributed by atoms with Gasteiger partial charge >= 0.3 is 0 Å². The summed E-state index contributed by atoms with van der Waals surface area (Å²) in [7, 11) is 0. The van der Waals surface area contributed by atoms with E-state index < -0.39 is 0 Å². The molecule has 3 radical (unpaired) electrons. The van der Waals surface area contributed by atoms with Gasteiger partial charge in [0.1, 0.15) is 0 Å². The molecule has 0 aliphatic rings. The minimum atomic E-state index is 0. The van der Waals surface area contributed by atoms with Crippen molar-refractivity contribution in [3.8, 4) is 0 Å². The molecule has 0 rings (SSSR count). The summed E-state index contributed by atoms with van der Waals surface area (Å²) in [4.78, 5) is 0. The van der Waals surface area contributed by atoms with Gasteiger partial charge in [0.15, 0.2) is 0 Å². The van der Waals surface area contributed by atoms with Crippen LogP contribution in [0.15, 0.2) is 0 Å². The van der Waals surface area contributed by atoms with E-state index in [1.54, 1.807) is 0 Å². The maximum Gasteiger partial charge on any atom is 0 e. The summed E-state index contributed by atoms with van der Waals surface area (Å²) >= 11 is 0. The molecule has 0 amide bonds. The second-order valence-corrected chi connectivity index (χ2v) is 0. The Morgan fingerprint density at radius 1 is 0.750 bits per heavy atom. The van der Waals surface area contributed by atoms with Crippen LogP contribution in [-0.4, -0.2) is 0 Å². The van der Waals surface area contributed by atoms with E-state index in [9.17, 15) is 0 Å². The molecule has 0 fully saturated rings. The van der Waals surface area contributed by atoms with Crippen LogP contribution >= 0.6 is 0 Å². The minimum Gasteiger partial charge on any atom is 0 e. The van der Waals surface area contributed by atoms with E-state index in [0.717, 1.165) is 0 Å². The van der Waals surface area contributed by atoms with Crippen molar-refractivity contribution in [1.82, 2.24) is 0 Å². The van der Waals surface area contributed by atoms with Crippen molar-refractivity contribution >= 4 is 0 Å². The zero-order chi connectivity index (χ0) is 0. The van der Waals surface area contributed by atoms with Gasteiger partial charge in [-0.2, -0.15) is 0 Å². The van der Waals surface area contributed by atoms with Crippen molar-refractivity contribution in [3.05, 3.63) is 0 Å². The van der Waals surface area contributed by atoms with Crippen LogP contribution < -0.4 is 0 Å². The van der Waals surface area contributed by atoms with Crippen molar-refractivity contribution in [2.75, 3.05) is 0 Å². The Balaban J connectivity index is 0. The van der Waals surface area contributed by atoms with Gasteiger partial charge < -0.3 is 0 Å². The zero-order valence-electron chi connectivity index (χ0n) is 1.61. The molecule has 0 N–H and O–H groups in total. The van der Waals surface area contributed by atoms with Crippen LogP contribution in [-0.2, 0) is 81.3 Å². The average Bonchev–Trinajstić information content (AvgIpc) is 0. The summed E-state index contributed by atoms with van der Waals surface area (Å²) in [6.07, 6.45) is 0. The van der Waals surface area contributed by atoms with Crippen molar-refractivity contribution < 1.29 is 81.3 Å². The van der Waals surface area contributed by atoms with Crippen LogP contribution in [0.25, 0.3) is 0 Å². The van der Waals surface area contributed by atoms with E-state index in [1.807, 2.05) is 0 Å². The first kappa shape index (κ1) is 30.4. The molecule has 0 spiro atoms. The molecule has 0 aromatic carbocycles. The van der Waals surface area contributed by atoms with E-state index in [2.05, 4.69) is 0 Å². The fourth-order valence-corrected chi connectivity index (χ4v) is 0. The molecule has 0 aromatic heterocycles. The Bertz CT molecular complexity index is 6.00. The van der Waals surface area contributed by atoms with Gasteiger partial charge in [-0.1, -0.05) is 0 Å². The van der Waals surface area contributed by atoms with Gasteiger partial charge in [0.25, 0.3) is 0 Å². The molecule has 35 valence electrons. The Morgan fingerprint density at radius 3 is 0.750 bits per heavy atom. The Labute approximate surface area is 80.1 Å². The van der Waals surface area contributed by atoms with Gasteiger partial charge in [-0.15, -0.1) is 0 Å². The van der Waals surface area contributed by atoms with E-state index in [1.165, 1.54) is 0 Å². The smallest absolute Gasteiger partial charge is 0 e. The molecule has 0 aliphatic carbocycles. The zero-order valence-corrected chi connectivity index (χ0v) is 8.48. The van der Waals surface area contributed by atoms with Crippen LogP contribution in [0.5, 0.6) is 0 Å². The minimum absolute atomic E-state index is 0. The van der Waals surface area contributed by atoms with Crippen LogP contribution in [0.1, 0.15) is 0 Å². The number of hydrogen-bond donors (Lipinski definition) is 0. The van der Waals surface area contributed by atoms with Crippen LogP contribution in [0.2, 0.25) is 0 Å². The molecule has 0 unspecified atom stereocenters. The summed E-state index contributed by atoms with van der Waals surface area (Å²) in [6.45, 7) is 0. The monoisotopic (exact) mass is 341 g/mol. The third kappa shape index (κ3) is 8.82. The predicted octanol–water partition coefficient (Wildman–Crippen LogP) is -0.0100. The van der Waals surface area contributed by atoms with Crippen LogP contribution in [0.4, 0.5) is 0 Å². The molecule has 4 heavy (non-hydrogen) atoms. The molecule has 0 nitrogen and oxygen atoms in total. The Kier molecular flexibility index (Phi) is 133. The van der Waals surface area contributed by atoms with E-state index in [4.69, 9.17) is 0 Å². The number of hydrogen-bond acceptors (Lipinski definition) is 0. The molecule has 0 bridgehead atoms. The largest absolute Gasteiger partial charge is 0 e. The van der Waals surface area contributed by atoms with Crippen molar-refractivity contribution in [2.24, 2.45) is 0 Å². The van der Waals surface area contributed by atoms with Gasteiger partial charge in [0.2, 0.25) is 0 Å². The molecular weight excluding hydrogens is 345 g/mol.